The first kappa shape index (κ1) is 12.6. The number of aromatic nitrogens is 2. The van der Waals surface area contributed by atoms with Gasteiger partial charge in [-0.2, -0.15) is 10.4 Å². The Kier molecular flexibility index (Phi) is 3.34. The molecule has 1 aliphatic heterocycles. The summed E-state index contributed by atoms with van der Waals surface area (Å²) in [6.45, 7) is 5.51. The number of nitrogens with one attached hydrogen (secondary N) is 1. The summed E-state index contributed by atoms with van der Waals surface area (Å²) in [6.07, 6.45) is 0. The average molecular weight is 247 g/mol. The Morgan fingerprint density at radius 2 is 2.28 bits per heavy atom. The van der Waals surface area contributed by atoms with Crippen molar-refractivity contribution in [1.82, 2.24) is 20.0 Å². The number of amides is 1. The Balaban J connectivity index is 2.33. The Bertz CT molecular complexity index is 513. The molecule has 0 aliphatic carbocycles. The van der Waals surface area contributed by atoms with Crippen molar-refractivity contribution in [2.75, 3.05) is 19.6 Å². The number of nitriles is 1. The van der Waals surface area contributed by atoms with E-state index in [0.717, 1.165) is 17.9 Å². The standard InChI is InChI=1S/C12H17N5O/c1-8-11(9(2)16(3)15-8)12(18)17-5-4-14-7-10(17)6-13/h10,14H,4-5,7H2,1-3H3. The number of rotatable bonds is 1. The molecule has 0 saturated carbocycles. The van der Waals surface area contributed by atoms with Gasteiger partial charge in [-0.1, -0.05) is 0 Å². The molecule has 1 N–H and O–H groups in total. The highest BCUT2D eigenvalue weighted by Crippen LogP contribution is 2.17. The average Bonchev–Trinajstić information content (AvgIpc) is 2.62. The summed E-state index contributed by atoms with van der Waals surface area (Å²) in [7, 11) is 1.82. The van der Waals surface area contributed by atoms with Crippen molar-refractivity contribution < 1.29 is 4.79 Å². The van der Waals surface area contributed by atoms with Crippen LogP contribution in [0.5, 0.6) is 0 Å². The van der Waals surface area contributed by atoms with E-state index in [2.05, 4.69) is 16.5 Å². The van der Waals surface area contributed by atoms with Gasteiger partial charge in [-0.25, -0.2) is 0 Å². The first-order valence-electron chi connectivity index (χ1n) is 5.97. The van der Waals surface area contributed by atoms with Crippen LogP contribution in [0, 0.1) is 25.2 Å². The second-order valence-corrected chi connectivity index (χ2v) is 4.52. The maximum atomic E-state index is 12.5. The first-order chi connectivity index (χ1) is 8.56. The Hall–Kier alpha value is -1.87. The summed E-state index contributed by atoms with van der Waals surface area (Å²) in [6, 6.07) is 1.77. The first-order valence-corrected chi connectivity index (χ1v) is 5.97. The fourth-order valence-electron chi connectivity index (χ4n) is 2.29. The van der Waals surface area contributed by atoms with Crippen LogP contribution in [0.1, 0.15) is 21.7 Å². The molecule has 1 amide bonds. The fraction of sp³-hybridized carbons (Fsp3) is 0.583. The Morgan fingerprint density at radius 1 is 1.56 bits per heavy atom. The zero-order valence-corrected chi connectivity index (χ0v) is 10.9. The molecule has 0 spiro atoms. The molecule has 1 aromatic rings. The molecule has 96 valence electrons. The summed E-state index contributed by atoms with van der Waals surface area (Å²) in [5.74, 6) is -0.0915. The van der Waals surface area contributed by atoms with Crippen LogP contribution < -0.4 is 5.32 Å². The van der Waals surface area contributed by atoms with Crippen LogP contribution in [0.15, 0.2) is 0 Å². The van der Waals surface area contributed by atoms with Crippen LogP contribution in [0.2, 0.25) is 0 Å². The summed E-state index contributed by atoms with van der Waals surface area (Å²) in [4.78, 5) is 14.2. The molecular formula is C12H17N5O. The minimum Gasteiger partial charge on any atom is -0.320 e. The van der Waals surface area contributed by atoms with Crippen molar-refractivity contribution in [2.45, 2.75) is 19.9 Å². The third-order valence-corrected chi connectivity index (χ3v) is 3.38. The molecule has 0 radical (unpaired) electrons. The topological polar surface area (TPSA) is 74.0 Å². The van der Waals surface area contributed by atoms with E-state index >= 15 is 0 Å². The monoisotopic (exact) mass is 247 g/mol. The van der Waals surface area contributed by atoms with Crippen molar-refractivity contribution in [3.63, 3.8) is 0 Å². The highest BCUT2D eigenvalue weighted by Gasteiger charge is 2.30. The van der Waals surface area contributed by atoms with Crippen molar-refractivity contribution in [3.8, 4) is 6.07 Å². The van der Waals surface area contributed by atoms with Gasteiger partial charge >= 0.3 is 0 Å². The highest BCUT2D eigenvalue weighted by molar-refractivity contribution is 5.96. The van der Waals surface area contributed by atoms with Gasteiger partial charge in [0.05, 0.1) is 17.3 Å². The van der Waals surface area contributed by atoms with E-state index in [0.29, 0.717) is 18.7 Å². The lowest BCUT2D eigenvalue weighted by Crippen LogP contribution is -2.53. The maximum Gasteiger partial charge on any atom is 0.258 e. The molecular weight excluding hydrogens is 230 g/mol. The van der Waals surface area contributed by atoms with Crippen LogP contribution in [0.25, 0.3) is 0 Å². The number of piperazine rings is 1. The zero-order valence-electron chi connectivity index (χ0n) is 10.9. The van der Waals surface area contributed by atoms with Gasteiger partial charge in [-0.15, -0.1) is 0 Å². The van der Waals surface area contributed by atoms with E-state index in [1.165, 1.54) is 0 Å². The van der Waals surface area contributed by atoms with Crippen LogP contribution in [-0.4, -0.2) is 46.3 Å². The van der Waals surface area contributed by atoms with Crippen LogP contribution >= 0.6 is 0 Å². The van der Waals surface area contributed by atoms with Crippen LogP contribution in [0.3, 0.4) is 0 Å². The van der Waals surface area contributed by atoms with E-state index in [1.54, 1.807) is 9.58 Å². The van der Waals surface area contributed by atoms with E-state index in [1.807, 2.05) is 20.9 Å². The smallest absolute Gasteiger partial charge is 0.258 e. The number of nitrogens with zero attached hydrogens (tertiary/aromatic N) is 4. The molecule has 6 heteroatoms. The maximum absolute atomic E-state index is 12.5. The van der Waals surface area contributed by atoms with E-state index in [-0.39, 0.29) is 5.91 Å². The third kappa shape index (κ3) is 1.97. The van der Waals surface area contributed by atoms with Crippen LogP contribution in [-0.2, 0) is 7.05 Å². The molecule has 0 bridgehead atoms. The molecule has 1 saturated heterocycles. The molecule has 1 fully saturated rings. The van der Waals surface area contributed by atoms with Gasteiger partial charge in [0.2, 0.25) is 0 Å². The normalized spacial score (nSPS) is 19.7. The second kappa shape index (κ2) is 4.78. The molecule has 0 aromatic carbocycles. The summed E-state index contributed by atoms with van der Waals surface area (Å²) in [5.41, 5.74) is 2.18. The fourth-order valence-corrected chi connectivity index (χ4v) is 2.29. The molecule has 1 aliphatic rings. The lowest BCUT2D eigenvalue weighted by Gasteiger charge is -2.32. The molecule has 18 heavy (non-hydrogen) atoms. The second-order valence-electron chi connectivity index (χ2n) is 4.52. The Labute approximate surface area is 106 Å². The molecule has 6 nitrogen and oxygen atoms in total. The van der Waals surface area contributed by atoms with Crippen molar-refractivity contribution in [2.24, 2.45) is 7.05 Å². The van der Waals surface area contributed by atoms with Gasteiger partial charge in [0.1, 0.15) is 6.04 Å². The number of carbonyl (C=O) groups is 1. The highest BCUT2D eigenvalue weighted by atomic mass is 16.2. The minimum atomic E-state index is -0.398. The minimum absolute atomic E-state index is 0.0915. The molecule has 1 aromatic heterocycles. The lowest BCUT2D eigenvalue weighted by molar-refractivity contribution is 0.0685. The van der Waals surface area contributed by atoms with Gasteiger partial charge in [0.25, 0.3) is 5.91 Å². The Morgan fingerprint density at radius 3 is 2.83 bits per heavy atom. The van der Waals surface area contributed by atoms with Crippen molar-refractivity contribution >= 4 is 5.91 Å². The summed E-state index contributed by atoms with van der Waals surface area (Å²) >= 11 is 0. The molecule has 1 unspecified atom stereocenters. The van der Waals surface area contributed by atoms with Crippen molar-refractivity contribution in [1.29, 1.82) is 5.26 Å². The van der Waals surface area contributed by atoms with Gasteiger partial charge < -0.3 is 10.2 Å². The zero-order chi connectivity index (χ0) is 13.3. The van der Waals surface area contributed by atoms with E-state index in [4.69, 9.17) is 5.26 Å². The predicted molar refractivity (Wildman–Crippen MR) is 66.0 cm³/mol. The third-order valence-electron chi connectivity index (χ3n) is 3.38. The molecule has 2 heterocycles. The SMILES string of the molecule is Cc1nn(C)c(C)c1C(=O)N1CCNCC1C#N. The molecule has 1 atom stereocenters. The quantitative estimate of drug-likeness (QED) is 0.756. The summed E-state index contributed by atoms with van der Waals surface area (Å²) in [5, 5.41) is 16.5. The van der Waals surface area contributed by atoms with E-state index in [9.17, 15) is 4.79 Å². The van der Waals surface area contributed by atoms with E-state index < -0.39 is 6.04 Å². The lowest BCUT2D eigenvalue weighted by atomic mass is 10.1. The van der Waals surface area contributed by atoms with Gasteiger partial charge in [0, 0.05) is 32.4 Å². The van der Waals surface area contributed by atoms with Crippen molar-refractivity contribution in [3.05, 3.63) is 17.0 Å². The van der Waals surface area contributed by atoms with Gasteiger partial charge in [-0.05, 0) is 13.8 Å². The number of hydrogen-bond donors (Lipinski definition) is 1. The largest absolute Gasteiger partial charge is 0.320 e. The number of hydrogen-bond acceptors (Lipinski definition) is 4. The number of carbonyl (C=O) groups excluding carboxylic acids is 1. The van der Waals surface area contributed by atoms with Gasteiger partial charge in [-0.3, -0.25) is 9.48 Å². The molecule has 2 rings (SSSR count). The van der Waals surface area contributed by atoms with Gasteiger partial charge in [0.15, 0.2) is 0 Å². The summed E-state index contributed by atoms with van der Waals surface area (Å²) < 4.78 is 1.70. The number of aryl methyl sites for hydroxylation is 2. The van der Waals surface area contributed by atoms with Crippen LogP contribution in [0.4, 0.5) is 0 Å². The predicted octanol–water partition coefficient (Wildman–Crippen LogP) is -0.0255.